The quantitative estimate of drug-likeness (QED) is 0.798. The second-order valence-electron chi connectivity index (χ2n) is 5.71. The van der Waals surface area contributed by atoms with Crippen LogP contribution in [0.3, 0.4) is 0 Å². The molecule has 1 aliphatic rings. The molecule has 0 aromatic carbocycles. The molecule has 3 atom stereocenters. The van der Waals surface area contributed by atoms with E-state index in [1.54, 1.807) is 4.90 Å². The van der Waals surface area contributed by atoms with Crippen LogP contribution < -0.4 is 5.73 Å². The molecule has 0 radical (unpaired) electrons. The van der Waals surface area contributed by atoms with Gasteiger partial charge in [-0.3, -0.25) is 4.79 Å². The zero-order valence-electron chi connectivity index (χ0n) is 11.4. The molecule has 18 heavy (non-hydrogen) atoms. The summed E-state index contributed by atoms with van der Waals surface area (Å²) in [5.74, 6) is 0.829. The van der Waals surface area contributed by atoms with Crippen LogP contribution in [0.2, 0.25) is 0 Å². The van der Waals surface area contributed by atoms with Gasteiger partial charge in [0.15, 0.2) is 0 Å². The molecular formula is C12H24N2O3S. The zero-order valence-corrected chi connectivity index (χ0v) is 12.2. The van der Waals surface area contributed by atoms with Crippen molar-refractivity contribution in [2.75, 3.05) is 25.1 Å². The summed E-state index contributed by atoms with van der Waals surface area (Å²) in [5, 5.41) is 0. The molecule has 0 saturated carbocycles. The predicted molar refractivity (Wildman–Crippen MR) is 71.8 cm³/mol. The van der Waals surface area contributed by atoms with E-state index in [9.17, 15) is 13.2 Å². The highest BCUT2D eigenvalue weighted by Crippen LogP contribution is 2.21. The van der Waals surface area contributed by atoms with Crippen molar-refractivity contribution in [1.82, 2.24) is 4.90 Å². The molecule has 6 heteroatoms. The predicted octanol–water partition coefficient (Wildman–Crippen LogP) is 0.253. The van der Waals surface area contributed by atoms with Crippen LogP contribution >= 0.6 is 0 Å². The number of sulfone groups is 1. The van der Waals surface area contributed by atoms with Crippen molar-refractivity contribution in [3.05, 3.63) is 0 Å². The maximum Gasteiger partial charge on any atom is 0.239 e. The first-order chi connectivity index (χ1) is 8.19. The van der Waals surface area contributed by atoms with Gasteiger partial charge in [0, 0.05) is 19.3 Å². The fraction of sp³-hybridized carbons (Fsp3) is 0.917. The number of nitrogens with two attached hydrogens (primary N) is 1. The number of likely N-dealkylation sites (tertiary alicyclic amines) is 1. The molecular weight excluding hydrogens is 252 g/mol. The molecule has 2 N–H and O–H groups in total. The fourth-order valence-corrected chi connectivity index (χ4v) is 3.22. The Balaban J connectivity index is 2.52. The third kappa shape index (κ3) is 4.94. The van der Waals surface area contributed by atoms with E-state index in [0.717, 1.165) is 25.8 Å². The van der Waals surface area contributed by atoms with Gasteiger partial charge in [-0.1, -0.05) is 13.8 Å². The Morgan fingerprint density at radius 3 is 2.28 bits per heavy atom. The Kier molecular flexibility index (Phi) is 5.16. The molecule has 1 heterocycles. The van der Waals surface area contributed by atoms with E-state index in [2.05, 4.69) is 13.8 Å². The summed E-state index contributed by atoms with van der Waals surface area (Å²) in [5.41, 5.74) is 5.79. The first-order valence-corrected chi connectivity index (χ1v) is 8.47. The summed E-state index contributed by atoms with van der Waals surface area (Å²) < 4.78 is 22.1. The minimum absolute atomic E-state index is 0.0289. The average molecular weight is 276 g/mol. The monoisotopic (exact) mass is 276 g/mol. The molecule has 0 aromatic rings. The van der Waals surface area contributed by atoms with Gasteiger partial charge in [-0.25, -0.2) is 8.42 Å². The third-order valence-electron chi connectivity index (χ3n) is 3.30. The van der Waals surface area contributed by atoms with E-state index in [0.29, 0.717) is 11.8 Å². The summed E-state index contributed by atoms with van der Waals surface area (Å²) in [7, 11) is -3.06. The lowest BCUT2D eigenvalue weighted by Gasteiger charge is -2.36. The summed E-state index contributed by atoms with van der Waals surface area (Å²) in [4.78, 5) is 13.9. The van der Waals surface area contributed by atoms with Gasteiger partial charge in [0.2, 0.25) is 5.91 Å². The molecule has 0 spiro atoms. The first kappa shape index (κ1) is 15.4. The number of carbonyl (C=O) groups excluding carboxylic acids is 1. The van der Waals surface area contributed by atoms with Crippen molar-refractivity contribution in [2.45, 2.75) is 32.7 Å². The molecule has 5 nitrogen and oxygen atoms in total. The Morgan fingerprint density at radius 1 is 1.33 bits per heavy atom. The molecule has 3 unspecified atom stereocenters. The fourth-order valence-electron chi connectivity index (χ4n) is 2.54. The summed E-state index contributed by atoms with van der Waals surface area (Å²) in [6, 6.07) is -0.697. The first-order valence-electron chi connectivity index (χ1n) is 6.41. The number of carbonyl (C=O) groups is 1. The topological polar surface area (TPSA) is 80.5 Å². The number of nitrogens with zero attached hydrogens (tertiary/aromatic N) is 1. The SMILES string of the molecule is CC1CC(C)CN(C(=O)C(N)CCS(C)(=O)=O)C1. The van der Waals surface area contributed by atoms with Gasteiger partial charge in [-0.05, 0) is 24.7 Å². The molecule has 0 aromatic heterocycles. The van der Waals surface area contributed by atoms with Gasteiger partial charge in [-0.2, -0.15) is 0 Å². The zero-order chi connectivity index (χ0) is 13.9. The van der Waals surface area contributed by atoms with Crippen molar-refractivity contribution in [3.8, 4) is 0 Å². The number of hydrogen-bond acceptors (Lipinski definition) is 4. The lowest BCUT2D eigenvalue weighted by molar-refractivity contribution is -0.135. The van der Waals surface area contributed by atoms with Crippen molar-refractivity contribution in [2.24, 2.45) is 17.6 Å². The minimum Gasteiger partial charge on any atom is -0.341 e. The summed E-state index contributed by atoms with van der Waals surface area (Å²) in [6.07, 6.45) is 2.49. The summed E-state index contributed by atoms with van der Waals surface area (Å²) in [6.45, 7) is 5.71. The van der Waals surface area contributed by atoms with E-state index < -0.39 is 15.9 Å². The molecule has 1 rings (SSSR count). The molecule has 0 aliphatic carbocycles. The van der Waals surface area contributed by atoms with Crippen molar-refractivity contribution in [1.29, 1.82) is 0 Å². The maximum atomic E-state index is 12.1. The second kappa shape index (κ2) is 6.02. The van der Waals surface area contributed by atoms with Gasteiger partial charge < -0.3 is 10.6 Å². The van der Waals surface area contributed by atoms with Crippen molar-refractivity contribution in [3.63, 3.8) is 0 Å². The van der Waals surface area contributed by atoms with E-state index in [4.69, 9.17) is 5.73 Å². The molecule has 1 aliphatic heterocycles. The van der Waals surface area contributed by atoms with Crippen LogP contribution in [-0.2, 0) is 14.6 Å². The maximum absolute atomic E-state index is 12.1. The summed E-state index contributed by atoms with van der Waals surface area (Å²) >= 11 is 0. The smallest absolute Gasteiger partial charge is 0.239 e. The van der Waals surface area contributed by atoms with Crippen LogP contribution in [0.1, 0.15) is 26.7 Å². The van der Waals surface area contributed by atoms with Gasteiger partial charge in [-0.15, -0.1) is 0 Å². The highest BCUT2D eigenvalue weighted by Gasteiger charge is 2.28. The van der Waals surface area contributed by atoms with Crippen LogP contribution in [0.25, 0.3) is 0 Å². The Labute approximate surface area is 110 Å². The van der Waals surface area contributed by atoms with Crippen LogP contribution in [0.4, 0.5) is 0 Å². The molecule has 1 fully saturated rings. The Morgan fingerprint density at radius 2 is 1.83 bits per heavy atom. The van der Waals surface area contributed by atoms with E-state index >= 15 is 0 Å². The van der Waals surface area contributed by atoms with Crippen LogP contribution in [0.5, 0.6) is 0 Å². The van der Waals surface area contributed by atoms with E-state index in [1.807, 2.05) is 0 Å². The number of amides is 1. The van der Waals surface area contributed by atoms with Crippen molar-refractivity contribution < 1.29 is 13.2 Å². The van der Waals surface area contributed by atoms with Crippen LogP contribution in [0, 0.1) is 11.8 Å². The Bertz CT molecular complexity index is 384. The van der Waals surface area contributed by atoms with Crippen LogP contribution in [0.15, 0.2) is 0 Å². The highest BCUT2D eigenvalue weighted by molar-refractivity contribution is 7.90. The average Bonchev–Trinajstić information content (AvgIpc) is 2.22. The van der Waals surface area contributed by atoms with Crippen LogP contribution in [-0.4, -0.2) is 50.4 Å². The minimum atomic E-state index is -3.06. The third-order valence-corrected chi connectivity index (χ3v) is 4.27. The highest BCUT2D eigenvalue weighted by atomic mass is 32.2. The molecule has 1 amide bonds. The van der Waals surface area contributed by atoms with Gasteiger partial charge in [0.05, 0.1) is 11.8 Å². The van der Waals surface area contributed by atoms with Crippen molar-refractivity contribution >= 4 is 15.7 Å². The Hall–Kier alpha value is -0.620. The van der Waals surface area contributed by atoms with Gasteiger partial charge in [0.25, 0.3) is 0 Å². The standard InChI is InChI=1S/C12H24N2O3S/c1-9-6-10(2)8-14(7-9)12(15)11(13)4-5-18(3,16)17/h9-11H,4-8,13H2,1-3H3. The molecule has 106 valence electrons. The molecule has 1 saturated heterocycles. The van der Waals surface area contributed by atoms with Gasteiger partial charge >= 0.3 is 0 Å². The number of piperidine rings is 1. The molecule has 0 bridgehead atoms. The second-order valence-corrected chi connectivity index (χ2v) is 7.97. The lowest BCUT2D eigenvalue weighted by Crippen LogP contribution is -2.50. The van der Waals surface area contributed by atoms with Gasteiger partial charge in [0.1, 0.15) is 9.84 Å². The normalized spacial score (nSPS) is 27.0. The van der Waals surface area contributed by atoms with E-state index in [-0.39, 0.29) is 18.1 Å². The number of hydrogen-bond donors (Lipinski definition) is 1. The largest absolute Gasteiger partial charge is 0.341 e. The lowest BCUT2D eigenvalue weighted by atomic mass is 9.91. The van der Waals surface area contributed by atoms with E-state index in [1.165, 1.54) is 0 Å². The number of rotatable bonds is 4.